The molecule has 0 aliphatic heterocycles. The van der Waals surface area contributed by atoms with E-state index in [0.29, 0.717) is 22.4 Å². The highest BCUT2D eigenvalue weighted by atomic mass is 35.5. The first-order chi connectivity index (χ1) is 8.74. The van der Waals surface area contributed by atoms with Crippen LogP contribution < -0.4 is 0 Å². The molecule has 0 unspecified atom stereocenters. The lowest BCUT2D eigenvalue weighted by atomic mass is 9.94. The summed E-state index contributed by atoms with van der Waals surface area (Å²) >= 11 is 5.99. The van der Waals surface area contributed by atoms with Crippen LogP contribution in [0.4, 0.5) is 0 Å². The topological polar surface area (TPSA) is 60.7 Å². The molecule has 92 valence electrons. The smallest absolute Gasteiger partial charge is 0.165 e. The van der Waals surface area contributed by atoms with Gasteiger partial charge in [-0.1, -0.05) is 11.6 Å². The van der Waals surface area contributed by atoms with Crippen molar-refractivity contribution in [2.75, 3.05) is 0 Å². The van der Waals surface area contributed by atoms with Crippen molar-refractivity contribution < 1.29 is 4.79 Å². The van der Waals surface area contributed by atoms with Crippen molar-refractivity contribution in [2.45, 2.75) is 25.3 Å². The molecule has 2 aliphatic carbocycles. The molecule has 0 amide bonds. The minimum atomic E-state index is 0.140. The average Bonchev–Trinajstić information content (AvgIpc) is 3.00. The standard InChI is InChI=1S/C12H11ClN4O/c13-11-10-12(15-4-14-11)17(5-16-10)8-2-6-1-7(8)9(18)3-6/h4-8H,1-3H2/t6-,7+,8-/m1/s1. The van der Waals surface area contributed by atoms with E-state index < -0.39 is 0 Å². The third kappa shape index (κ3) is 1.28. The normalized spacial score (nSPS) is 30.5. The molecule has 6 heteroatoms. The third-order valence-corrected chi connectivity index (χ3v) is 4.48. The van der Waals surface area contributed by atoms with E-state index in [-0.39, 0.29) is 12.0 Å². The molecule has 4 rings (SSSR count). The number of aromatic nitrogens is 4. The first kappa shape index (κ1) is 10.4. The molecule has 0 spiro atoms. The Morgan fingerprint density at radius 1 is 1.28 bits per heavy atom. The monoisotopic (exact) mass is 262 g/mol. The van der Waals surface area contributed by atoms with Crippen LogP contribution in [-0.2, 0) is 4.79 Å². The van der Waals surface area contributed by atoms with E-state index in [1.54, 1.807) is 6.33 Å². The molecule has 2 aromatic rings. The van der Waals surface area contributed by atoms with Crippen LogP contribution in [0.5, 0.6) is 0 Å². The van der Waals surface area contributed by atoms with Gasteiger partial charge in [0, 0.05) is 18.4 Å². The minimum Gasteiger partial charge on any atom is -0.311 e. The summed E-state index contributed by atoms with van der Waals surface area (Å²) in [6, 6.07) is 0.201. The van der Waals surface area contributed by atoms with Gasteiger partial charge >= 0.3 is 0 Å². The second kappa shape index (κ2) is 3.51. The molecule has 2 bridgehead atoms. The van der Waals surface area contributed by atoms with Gasteiger partial charge in [-0.15, -0.1) is 0 Å². The van der Waals surface area contributed by atoms with Crippen molar-refractivity contribution >= 4 is 28.5 Å². The van der Waals surface area contributed by atoms with Gasteiger partial charge in [0.1, 0.15) is 17.6 Å². The first-order valence-electron chi connectivity index (χ1n) is 6.10. The molecular formula is C12H11ClN4O. The highest BCUT2D eigenvalue weighted by Gasteiger charge is 2.46. The van der Waals surface area contributed by atoms with Crippen LogP contribution in [0.3, 0.4) is 0 Å². The number of hydrogen-bond donors (Lipinski definition) is 0. The van der Waals surface area contributed by atoms with Crippen molar-refractivity contribution in [2.24, 2.45) is 11.8 Å². The lowest BCUT2D eigenvalue weighted by molar-refractivity contribution is -0.122. The number of imidazole rings is 1. The molecule has 0 saturated heterocycles. The molecule has 0 aromatic carbocycles. The van der Waals surface area contributed by atoms with Gasteiger partial charge in [-0.2, -0.15) is 0 Å². The number of fused-ring (bicyclic) bond motifs is 3. The number of halogens is 1. The highest BCUT2D eigenvalue weighted by Crippen LogP contribution is 2.49. The number of Topliss-reactive ketones (excluding diaryl/α,β-unsaturated/α-hetero) is 1. The number of nitrogens with zero attached hydrogens (tertiary/aromatic N) is 4. The van der Waals surface area contributed by atoms with Gasteiger partial charge in [0.15, 0.2) is 10.8 Å². The summed E-state index contributed by atoms with van der Waals surface area (Å²) in [5.41, 5.74) is 1.36. The molecule has 2 saturated carbocycles. The largest absolute Gasteiger partial charge is 0.311 e. The lowest BCUT2D eigenvalue weighted by Gasteiger charge is -2.22. The quantitative estimate of drug-likeness (QED) is 0.738. The SMILES string of the molecule is O=C1C[C@@H]2C[C@H]1[C@H](n1cnc3c(Cl)ncnc31)C2. The molecule has 2 aliphatic rings. The van der Waals surface area contributed by atoms with E-state index in [1.807, 2.05) is 4.57 Å². The first-order valence-corrected chi connectivity index (χ1v) is 6.47. The van der Waals surface area contributed by atoms with E-state index >= 15 is 0 Å². The predicted molar refractivity (Wildman–Crippen MR) is 65.2 cm³/mol. The summed E-state index contributed by atoms with van der Waals surface area (Å²) in [5, 5.41) is 0.369. The van der Waals surface area contributed by atoms with Gasteiger partial charge in [0.05, 0.1) is 6.33 Å². The summed E-state index contributed by atoms with van der Waals surface area (Å²) < 4.78 is 2.00. The number of hydrogen-bond acceptors (Lipinski definition) is 4. The van der Waals surface area contributed by atoms with E-state index in [0.717, 1.165) is 24.9 Å². The van der Waals surface area contributed by atoms with E-state index in [1.165, 1.54) is 6.33 Å². The summed E-state index contributed by atoms with van der Waals surface area (Å²) in [6.07, 6.45) is 6.00. The van der Waals surface area contributed by atoms with E-state index in [9.17, 15) is 4.79 Å². The molecule has 2 heterocycles. The second-order valence-corrected chi connectivity index (χ2v) is 5.53. The molecule has 5 nitrogen and oxygen atoms in total. The van der Waals surface area contributed by atoms with Crippen molar-refractivity contribution in [3.05, 3.63) is 17.8 Å². The van der Waals surface area contributed by atoms with Crippen LogP contribution in [0.15, 0.2) is 12.7 Å². The fraction of sp³-hybridized carbons (Fsp3) is 0.500. The molecule has 2 aromatic heterocycles. The van der Waals surface area contributed by atoms with Crippen molar-refractivity contribution in [3.8, 4) is 0 Å². The zero-order chi connectivity index (χ0) is 12.3. The average molecular weight is 263 g/mol. The Labute approximate surface area is 108 Å². The summed E-state index contributed by atoms with van der Waals surface area (Å²) in [5.74, 6) is 1.07. The molecule has 3 atom stereocenters. The minimum absolute atomic E-state index is 0.140. The Morgan fingerprint density at radius 3 is 2.94 bits per heavy atom. The van der Waals surface area contributed by atoms with Gasteiger partial charge in [0.25, 0.3) is 0 Å². The van der Waals surface area contributed by atoms with Crippen LogP contribution >= 0.6 is 11.6 Å². The maximum absolute atomic E-state index is 11.9. The van der Waals surface area contributed by atoms with Crippen molar-refractivity contribution in [1.82, 2.24) is 19.5 Å². The summed E-state index contributed by atoms with van der Waals surface area (Å²) in [4.78, 5) is 24.3. The Kier molecular flexibility index (Phi) is 2.03. The zero-order valence-corrected chi connectivity index (χ0v) is 10.3. The highest BCUT2D eigenvalue weighted by molar-refractivity contribution is 6.33. The van der Waals surface area contributed by atoms with Crippen molar-refractivity contribution in [3.63, 3.8) is 0 Å². The Bertz CT molecular complexity index is 653. The zero-order valence-electron chi connectivity index (χ0n) is 9.58. The van der Waals surface area contributed by atoms with Gasteiger partial charge in [-0.3, -0.25) is 4.79 Å². The summed E-state index contributed by atoms with van der Waals surface area (Å²) in [6.45, 7) is 0. The van der Waals surface area contributed by atoms with Crippen LogP contribution in [0.2, 0.25) is 5.15 Å². The van der Waals surface area contributed by atoms with Crippen LogP contribution in [-0.4, -0.2) is 25.3 Å². The molecule has 2 fully saturated rings. The Hall–Kier alpha value is -1.49. The lowest BCUT2D eigenvalue weighted by Crippen LogP contribution is -2.22. The van der Waals surface area contributed by atoms with Gasteiger partial charge in [-0.25, -0.2) is 15.0 Å². The molecule has 0 radical (unpaired) electrons. The second-order valence-electron chi connectivity index (χ2n) is 5.17. The summed E-state index contributed by atoms with van der Waals surface area (Å²) in [7, 11) is 0. The maximum atomic E-state index is 11.9. The van der Waals surface area contributed by atoms with Crippen molar-refractivity contribution in [1.29, 1.82) is 0 Å². The van der Waals surface area contributed by atoms with E-state index in [4.69, 9.17) is 11.6 Å². The van der Waals surface area contributed by atoms with Crippen LogP contribution in [0, 0.1) is 11.8 Å². The maximum Gasteiger partial charge on any atom is 0.165 e. The number of ketones is 1. The molecule has 0 N–H and O–H groups in total. The Balaban J connectivity index is 1.84. The number of carbonyl (C=O) groups is 1. The van der Waals surface area contributed by atoms with Gasteiger partial charge < -0.3 is 4.57 Å². The number of rotatable bonds is 1. The molecular weight excluding hydrogens is 252 g/mol. The third-order valence-electron chi connectivity index (χ3n) is 4.20. The predicted octanol–water partition coefficient (Wildman–Crippen LogP) is 2.02. The fourth-order valence-electron chi connectivity index (χ4n) is 3.44. The van der Waals surface area contributed by atoms with E-state index in [2.05, 4.69) is 15.0 Å². The van der Waals surface area contributed by atoms with Gasteiger partial charge in [-0.05, 0) is 18.8 Å². The molecule has 18 heavy (non-hydrogen) atoms. The van der Waals surface area contributed by atoms with Gasteiger partial charge in [0.2, 0.25) is 0 Å². The number of carbonyl (C=O) groups excluding carboxylic acids is 1. The van der Waals surface area contributed by atoms with Crippen LogP contribution in [0.1, 0.15) is 25.3 Å². The Morgan fingerprint density at radius 2 is 2.17 bits per heavy atom. The fourth-order valence-corrected chi connectivity index (χ4v) is 3.62. The van der Waals surface area contributed by atoms with Crippen LogP contribution in [0.25, 0.3) is 11.2 Å².